The average molecular weight is 211 g/mol. The Balaban J connectivity index is 2.06. The molecule has 2 saturated heterocycles. The summed E-state index contributed by atoms with van der Waals surface area (Å²) in [7, 11) is 4.53. The van der Waals surface area contributed by atoms with Crippen molar-refractivity contribution >= 4 is 0 Å². The molecule has 2 aliphatic heterocycles. The molecule has 0 aromatic carbocycles. The topological polar surface area (TPSA) is 18.5 Å². The molecule has 0 aromatic heterocycles. The van der Waals surface area contributed by atoms with Crippen molar-refractivity contribution < 1.29 is 0 Å². The second-order valence-electron chi connectivity index (χ2n) is 5.35. The molecule has 0 saturated carbocycles. The van der Waals surface area contributed by atoms with Gasteiger partial charge in [0.1, 0.15) is 0 Å². The molecule has 2 heterocycles. The predicted octanol–water partition coefficient (Wildman–Crippen LogP) is 0.620. The van der Waals surface area contributed by atoms with Crippen LogP contribution in [0, 0.1) is 5.92 Å². The maximum atomic E-state index is 3.74. The monoisotopic (exact) mass is 211 g/mol. The number of hydrogen-bond donors (Lipinski definition) is 1. The molecule has 1 N–H and O–H groups in total. The summed E-state index contributed by atoms with van der Waals surface area (Å²) in [5.74, 6) is 0.800. The fraction of sp³-hybridized carbons (Fsp3) is 1.00. The summed E-state index contributed by atoms with van der Waals surface area (Å²) >= 11 is 0. The van der Waals surface area contributed by atoms with Gasteiger partial charge in [-0.3, -0.25) is 0 Å². The van der Waals surface area contributed by atoms with Gasteiger partial charge in [-0.1, -0.05) is 0 Å². The molecular formula is C12H25N3. The summed E-state index contributed by atoms with van der Waals surface area (Å²) < 4.78 is 0. The zero-order valence-corrected chi connectivity index (χ0v) is 10.4. The molecule has 3 nitrogen and oxygen atoms in total. The summed E-state index contributed by atoms with van der Waals surface area (Å²) in [6.45, 7) is 7.33. The molecule has 0 radical (unpaired) electrons. The zero-order valence-electron chi connectivity index (χ0n) is 10.4. The molecule has 0 spiro atoms. The molecule has 2 fully saturated rings. The second kappa shape index (κ2) is 4.81. The highest BCUT2D eigenvalue weighted by molar-refractivity contribution is 4.91. The lowest BCUT2D eigenvalue weighted by Crippen LogP contribution is -2.57. The van der Waals surface area contributed by atoms with Gasteiger partial charge in [-0.15, -0.1) is 0 Å². The molecule has 3 heteroatoms. The van der Waals surface area contributed by atoms with Crippen LogP contribution in [0.25, 0.3) is 0 Å². The molecule has 15 heavy (non-hydrogen) atoms. The van der Waals surface area contributed by atoms with Gasteiger partial charge >= 0.3 is 0 Å². The molecule has 88 valence electrons. The summed E-state index contributed by atoms with van der Waals surface area (Å²) in [6, 6.07) is 1.46. The van der Waals surface area contributed by atoms with Gasteiger partial charge in [0.25, 0.3) is 0 Å². The van der Waals surface area contributed by atoms with E-state index in [-0.39, 0.29) is 0 Å². The lowest BCUT2D eigenvalue weighted by atomic mass is 9.85. The third-order valence-corrected chi connectivity index (χ3v) is 4.27. The standard InChI is InChI=1S/C12H25N3/c1-10-11-9-14(2)8-5-12(11)13-6-4-7-15(10)3/h10-13H,4-9H2,1-3H3. The summed E-state index contributed by atoms with van der Waals surface area (Å²) in [6.07, 6.45) is 2.61. The van der Waals surface area contributed by atoms with Crippen LogP contribution < -0.4 is 5.32 Å². The molecule has 3 unspecified atom stereocenters. The SMILES string of the molecule is CC1C2CN(C)CCC2NCCCN1C. The van der Waals surface area contributed by atoms with E-state index in [1.807, 2.05) is 0 Å². The van der Waals surface area contributed by atoms with E-state index < -0.39 is 0 Å². The van der Waals surface area contributed by atoms with E-state index in [0.29, 0.717) is 6.04 Å². The van der Waals surface area contributed by atoms with Crippen LogP contribution >= 0.6 is 0 Å². The van der Waals surface area contributed by atoms with Crippen LogP contribution in [-0.4, -0.2) is 62.2 Å². The molecule has 0 aromatic rings. The lowest BCUT2D eigenvalue weighted by molar-refractivity contribution is 0.0735. The quantitative estimate of drug-likeness (QED) is 0.634. The summed E-state index contributed by atoms with van der Waals surface area (Å²) in [5.41, 5.74) is 0. The van der Waals surface area contributed by atoms with E-state index in [0.717, 1.165) is 12.0 Å². The molecule has 0 aliphatic carbocycles. The minimum Gasteiger partial charge on any atom is -0.313 e. The highest BCUT2D eigenvalue weighted by atomic mass is 15.2. The number of hydrogen-bond acceptors (Lipinski definition) is 3. The molecule has 0 amide bonds. The van der Waals surface area contributed by atoms with Gasteiger partial charge in [-0.25, -0.2) is 0 Å². The van der Waals surface area contributed by atoms with Crippen LogP contribution in [0.15, 0.2) is 0 Å². The Morgan fingerprint density at radius 3 is 2.80 bits per heavy atom. The van der Waals surface area contributed by atoms with Crippen molar-refractivity contribution in [3.8, 4) is 0 Å². The zero-order chi connectivity index (χ0) is 10.8. The Morgan fingerprint density at radius 1 is 1.20 bits per heavy atom. The van der Waals surface area contributed by atoms with Crippen molar-refractivity contribution in [2.75, 3.05) is 40.3 Å². The minimum atomic E-state index is 0.713. The first-order chi connectivity index (χ1) is 7.18. The first-order valence-corrected chi connectivity index (χ1v) is 6.30. The van der Waals surface area contributed by atoms with E-state index in [1.165, 1.54) is 39.0 Å². The van der Waals surface area contributed by atoms with Crippen LogP contribution in [-0.2, 0) is 0 Å². The fourth-order valence-electron chi connectivity index (χ4n) is 3.04. The molecular weight excluding hydrogens is 186 g/mol. The number of likely N-dealkylation sites (tertiary alicyclic amines) is 1. The Bertz CT molecular complexity index is 203. The van der Waals surface area contributed by atoms with Crippen molar-refractivity contribution in [3.63, 3.8) is 0 Å². The van der Waals surface area contributed by atoms with E-state index in [1.54, 1.807) is 0 Å². The highest BCUT2D eigenvalue weighted by Gasteiger charge is 2.33. The Morgan fingerprint density at radius 2 is 2.00 bits per heavy atom. The van der Waals surface area contributed by atoms with Crippen LogP contribution in [0.2, 0.25) is 0 Å². The van der Waals surface area contributed by atoms with Gasteiger partial charge < -0.3 is 15.1 Å². The van der Waals surface area contributed by atoms with Crippen LogP contribution in [0.1, 0.15) is 19.8 Å². The van der Waals surface area contributed by atoms with Gasteiger partial charge in [0, 0.05) is 24.5 Å². The van der Waals surface area contributed by atoms with Gasteiger partial charge in [0.2, 0.25) is 0 Å². The van der Waals surface area contributed by atoms with Crippen molar-refractivity contribution in [1.29, 1.82) is 0 Å². The van der Waals surface area contributed by atoms with Crippen molar-refractivity contribution in [3.05, 3.63) is 0 Å². The Labute approximate surface area is 93.8 Å². The fourth-order valence-corrected chi connectivity index (χ4v) is 3.04. The van der Waals surface area contributed by atoms with Gasteiger partial charge in [0.05, 0.1) is 0 Å². The Kier molecular flexibility index (Phi) is 3.65. The molecule has 2 rings (SSSR count). The first kappa shape index (κ1) is 11.4. The van der Waals surface area contributed by atoms with E-state index in [4.69, 9.17) is 0 Å². The predicted molar refractivity (Wildman–Crippen MR) is 64.1 cm³/mol. The number of rotatable bonds is 0. The lowest BCUT2D eigenvalue weighted by Gasteiger charge is -2.44. The smallest absolute Gasteiger partial charge is 0.0135 e. The third-order valence-electron chi connectivity index (χ3n) is 4.27. The van der Waals surface area contributed by atoms with Crippen molar-refractivity contribution in [1.82, 2.24) is 15.1 Å². The molecule has 0 bridgehead atoms. The number of nitrogens with one attached hydrogen (secondary N) is 1. The van der Waals surface area contributed by atoms with Crippen LogP contribution in [0.3, 0.4) is 0 Å². The van der Waals surface area contributed by atoms with Gasteiger partial charge in [-0.05, 0) is 53.5 Å². The van der Waals surface area contributed by atoms with E-state index in [9.17, 15) is 0 Å². The number of piperidine rings is 1. The maximum absolute atomic E-state index is 3.74. The summed E-state index contributed by atoms with van der Waals surface area (Å²) in [4.78, 5) is 5.02. The normalized spacial score (nSPS) is 40.6. The van der Waals surface area contributed by atoms with Crippen molar-refractivity contribution in [2.24, 2.45) is 5.92 Å². The van der Waals surface area contributed by atoms with E-state index >= 15 is 0 Å². The highest BCUT2D eigenvalue weighted by Crippen LogP contribution is 2.23. The number of fused-ring (bicyclic) bond motifs is 1. The van der Waals surface area contributed by atoms with Crippen molar-refractivity contribution in [2.45, 2.75) is 31.8 Å². The Hall–Kier alpha value is -0.120. The largest absolute Gasteiger partial charge is 0.313 e. The van der Waals surface area contributed by atoms with Gasteiger partial charge in [-0.2, -0.15) is 0 Å². The molecule has 2 aliphatic rings. The number of nitrogens with zero attached hydrogens (tertiary/aromatic N) is 2. The second-order valence-corrected chi connectivity index (χ2v) is 5.35. The van der Waals surface area contributed by atoms with Gasteiger partial charge in [0.15, 0.2) is 0 Å². The average Bonchev–Trinajstić information content (AvgIpc) is 2.23. The maximum Gasteiger partial charge on any atom is 0.0135 e. The van der Waals surface area contributed by atoms with E-state index in [2.05, 4.69) is 36.1 Å². The first-order valence-electron chi connectivity index (χ1n) is 6.30. The molecule has 3 atom stereocenters. The third kappa shape index (κ3) is 2.52. The summed E-state index contributed by atoms with van der Waals surface area (Å²) in [5, 5.41) is 3.74. The van der Waals surface area contributed by atoms with Crippen LogP contribution in [0.4, 0.5) is 0 Å². The minimum absolute atomic E-state index is 0.713. The van der Waals surface area contributed by atoms with Crippen LogP contribution in [0.5, 0.6) is 0 Å².